The van der Waals surface area contributed by atoms with Gasteiger partial charge in [-0.1, -0.05) is 35.3 Å². The third-order valence-corrected chi connectivity index (χ3v) is 5.02. The van der Waals surface area contributed by atoms with Crippen molar-refractivity contribution >= 4 is 40.8 Å². The average Bonchev–Trinajstić information content (AvgIpc) is 2.72. The highest BCUT2D eigenvalue weighted by atomic mass is 35.5. The van der Waals surface area contributed by atoms with E-state index in [0.29, 0.717) is 17.9 Å². The highest BCUT2D eigenvalue weighted by molar-refractivity contribution is 6.42. The molecule has 3 rings (SSSR count). The van der Waals surface area contributed by atoms with Crippen molar-refractivity contribution in [3.05, 3.63) is 81.3 Å². The lowest BCUT2D eigenvalue weighted by Gasteiger charge is -2.12. The van der Waals surface area contributed by atoms with Crippen molar-refractivity contribution in [2.45, 2.75) is 6.92 Å². The summed E-state index contributed by atoms with van der Waals surface area (Å²) in [7, 11) is 0. The Balaban J connectivity index is 1.95. The summed E-state index contributed by atoms with van der Waals surface area (Å²) >= 11 is 11.7. The molecule has 2 N–H and O–H groups in total. The molecule has 0 radical (unpaired) electrons. The summed E-state index contributed by atoms with van der Waals surface area (Å²) in [6.45, 7) is 2.25. The molecule has 0 aliphatic rings. The number of halogens is 4. The Hall–Kier alpha value is -3.16. The molecule has 0 unspecified atom stereocenters. The van der Waals surface area contributed by atoms with Crippen molar-refractivity contribution in [1.82, 2.24) is 0 Å². The molecule has 0 aromatic heterocycles. The third kappa shape index (κ3) is 4.95. The van der Waals surface area contributed by atoms with Gasteiger partial charge in [0.2, 0.25) is 0 Å². The van der Waals surface area contributed by atoms with Crippen LogP contribution in [0.4, 0.5) is 14.5 Å². The van der Waals surface area contributed by atoms with Gasteiger partial charge in [0.15, 0.2) is 0 Å². The number of aromatic carboxylic acids is 1. The van der Waals surface area contributed by atoms with Gasteiger partial charge in [-0.2, -0.15) is 0 Å². The predicted octanol–water partition coefficient (Wildman–Crippen LogP) is 6.29. The largest absolute Gasteiger partial charge is 0.494 e. The molecule has 0 aliphatic heterocycles. The van der Waals surface area contributed by atoms with Crippen molar-refractivity contribution < 1.29 is 28.2 Å². The van der Waals surface area contributed by atoms with E-state index in [1.807, 2.05) is 6.92 Å². The fourth-order valence-corrected chi connectivity index (χ4v) is 3.21. The van der Waals surface area contributed by atoms with Gasteiger partial charge in [0, 0.05) is 0 Å². The van der Waals surface area contributed by atoms with E-state index < -0.39 is 40.3 Å². The number of ether oxygens (including phenoxy) is 1. The first-order valence-electron chi connectivity index (χ1n) is 8.97. The van der Waals surface area contributed by atoms with Crippen LogP contribution in [0.5, 0.6) is 5.75 Å². The minimum absolute atomic E-state index is 0.0772. The first-order chi connectivity index (χ1) is 14.7. The quantitative estimate of drug-likeness (QED) is 0.448. The molecule has 0 aliphatic carbocycles. The molecule has 1 amide bonds. The minimum Gasteiger partial charge on any atom is -0.494 e. The molecule has 5 nitrogen and oxygen atoms in total. The molecule has 9 heteroatoms. The van der Waals surface area contributed by atoms with E-state index in [2.05, 4.69) is 5.32 Å². The Kier molecular flexibility index (Phi) is 6.77. The van der Waals surface area contributed by atoms with Crippen molar-refractivity contribution in [2.24, 2.45) is 0 Å². The third-order valence-electron chi connectivity index (χ3n) is 4.29. The summed E-state index contributed by atoms with van der Waals surface area (Å²) in [5.41, 5.74) is -0.835. The zero-order valence-electron chi connectivity index (χ0n) is 16.0. The second-order valence-corrected chi connectivity index (χ2v) is 7.16. The van der Waals surface area contributed by atoms with Gasteiger partial charge in [-0.3, -0.25) is 4.79 Å². The number of carbonyl (C=O) groups excluding carboxylic acids is 1. The SMILES string of the molecule is CCOc1cccc(-c2cc(F)c(NC(=O)c3cc(Cl)c(Cl)cc3C(=O)O)c(F)c2)c1. The Morgan fingerprint density at radius 1 is 0.968 bits per heavy atom. The summed E-state index contributed by atoms with van der Waals surface area (Å²) in [6, 6.07) is 10.8. The number of anilines is 1. The number of carboxylic acids is 1. The van der Waals surface area contributed by atoms with E-state index in [0.717, 1.165) is 24.3 Å². The molecule has 0 spiro atoms. The molecule has 0 atom stereocenters. The number of rotatable bonds is 6. The molecule has 0 saturated heterocycles. The minimum atomic E-state index is -1.45. The van der Waals surface area contributed by atoms with Gasteiger partial charge < -0.3 is 15.2 Å². The molecule has 0 saturated carbocycles. The fourth-order valence-electron chi connectivity index (χ4n) is 2.88. The molecular formula is C22H15Cl2F2NO4. The molecule has 3 aromatic carbocycles. The first-order valence-corrected chi connectivity index (χ1v) is 9.72. The Morgan fingerprint density at radius 2 is 1.58 bits per heavy atom. The van der Waals surface area contributed by atoms with Crippen LogP contribution in [0.3, 0.4) is 0 Å². The molecular weight excluding hydrogens is 451 g/mol. The van der Waals surface area contributed by atoms with Gasteiger partial charge in [-0.15, -0.1) is 0 Å². The maximum absolute atomic E-state index is 14.7. The van der Waals surface area contributed by atoms with Crippen molar-refractivity contribution in [3.8, 4) is 16.9 Å². The van der Waals surface area contributed by atoms with Crippen LogP contribution in [-0.4, -0.2) is 23.6 Å². The maximum Gasteiger partial charge on any atom is 0.336 e. The molecule has 3 aromatic rings. The second kappa shape index (κ2) is 9.32. The average molecular weight is 466 g/mol. The van der Waals surface area contributed by atoms with Crippen LogP contribution in [0, 0.1) is 11.6 Å². The van der Waals surface area contributed by atoms with Crippen LogP contribution in [0.1, 0.15) is 27.6 Å². The summed E-state index contributed by atoms with van der Waals surface area (Å²) in [4.78, 5) is 24.0. The smallest absolute Gasteiger partial charge is 0.336 e. The number of amides is 1. The van der Waals surface area contributed by atoms with Gasteiger partial charge in [0.1, 0.15) is 23.1 Å². The molecule has 0 fully saturated rings. The molecule has 0 heterocycles. The van der Waals surface area contributed by atoms with Gasteiger partial charge in [-0.05, 0) is 54.4 Å². The van der Waals surface area contributed by atoms with Crippen LogP contribution >= 0.6 is 23.2 Å². The van der Waals surface area contributed by atoms with Crippen LogP contribution in [-0.2, 0) is 0 Å². The molecule has 0 bridgehead atoms. The zero-order valence-corrected chi connectivity index (χ0v) is 17.5. The number of hydrogen-bond donors (Lipinski definition) is 2. The number of benzene rings is 3. The number of carbonyl (C=O) groups is 2. The fraction of sp³-hybridized carbons (Fsp3) is 0.0909. The normalized spacial score (nSPS) is 10.6. The topological polar surface area (TPSA) is 75.6 Å². The highest BCUT2D eigenvalue weighted by Crippen LogP contribution is 2.31. The highest BCUT2D eigenvalue weighted by Gasteiger charge is 2.22. The van der Waals surface area contributed by atoms with Crippen molar-refractivity contribution in [1.29, 1.82) is 0 Å². The lowest BCUT2D eigenvalue weighted by Crippen LogP contribution is -2.18. The van der Waals surface area contributed by atoms with Gasteiger partial charge in [0.25, 0.3) is 5.91 Å². The number of hydrogen-bond acceptors (Lipinski definition) is 3. The summed E-state index contributed by atoms with van der Waals surface area (Å²) in [5.74, 6) is -4.04. The predicted molar refractivity (Wildman–Crippen MR) is 114 cm³/mol. The Bertz CT molecular complexity index is 1160. The van der Waals surface area contributed by atoms with Gasteiger partial charge in [-0.25, -0.2) is 13.6 Å². The lowest BCUT2D eigenvalue weighted by atomic mass is 10.0. The summed E-state index contributed by atoms with van der Waals surface area (Å²) < 4.78 is 34.7. The number of carboxylic acid groups (broad SMARTS) is 1. The van der Waals surface area contributed by atoms with Gasteiger partial charge in [0.05, 0.1) is 27.8 Å². The van der Waals surface area contributed by atoms with Crippen LogP contribution < -0.4 is 10.1 Å². The second-order valence-electron chi connectivity index (χ2n) is 6.35. The molecule has 31 heavy (non-hydrogen) atoms. The van der Waals surface area contributed by atoms with Crippen LogP contribution in [0.2, 0.25) is 10.0 Å². The lowest BCUT2D eigenvalue weighted by molar-refractivity contribution is 0.0692. The van der Waals surface area contributed by atoms with Crippen molar-refractivity contribution in [2.75, 3.05) is 11.9 Å². The molecule has 160 valence electrons. The summed E-state index contributed by atoms with van der Waals surface area (Å²) in [6.07, 6.45) is 0. The van der Waals surface area contributed by atoms with E-state index in [1.54, 1.807) is 24.3 Å². The Morgan fingerprint density at radius 3 is 2.16 bits per heavy atom. The van der Waals surface area contributed by atoms with Crippen LogP contribution in [0.25, 0.3) is 11.1 Å². The van der Waals surface area contributed by atoms with Gasteiger partial charge >= 0.3 is 5.97 Å². The Labute approximate surface area is 186 Å². The zero-order chi connectivity index (χ0) is 22.7. The van der Waals surface area contributed by atoms with E-state index in [9.17, 15) is 23.5 Å². The van der Waals surface area contributed by atoms with E-state index in [-0.39, 0.29) is 15.6 Å². The maximum atomic E-state index is 14.7. The van der Waals surface area contributed by atoms with Crippen molar-refractivity contribution in [3.63, 3.8) is 0 Å². The monoisotopic (exact) mass is 465 g/mol. The standard InChI is InChI=1S/C22H15Cl2F2NO4/c1-2-31-13-5-3-4-11(6-13)12-7-18(25)20(19(26)8-12)27-21(28)14-9-16(23)17(24)10-15(14)22(29)30/h3-10H,2H2,1H3,(H,27,28)(H,29,30). The van der Waals surface area contributed by atoms with E-state index in [4.69, 9.17) is 27.9 Å². The van der Waals surface area contributed by atoms with E-state index >= 15 is 0 Å². The first kappa shape index (κ1) is 22.5. The summed E-state index contributed by atoms with van der Waals surface area (Å²) in [5, 5.41) is 11.2. The van der Waals surface area contributed by atoms with Crippen LogP contribution in [0.15, 0.2) is 48.5 Å². The number of nitrogens with one attached hydrogen (secondary N) is 1. The van der Waals surface area contributed by atoms with E-state index in [1.165, 1.54) is 0 Å².